The molecule has 1 heterocycles. The number of carbonyl (C=O) groups excluding carboxylic acids is 1. The van der Waals surface area contributed by atoms with E-state index in [1.807, 2.05) is 25.1 Å². The van der Waals surface area contributed by atoms with E-state index >= 15 is 0 Å². The summed E-state index contributed by atoms with van der Waals surface area (Å²) in [5.41, 5.74) is 1.25. The van der Waals surface area contributed by atoms with Crippen molar-refractivity contribution in [2.45, 2.75) is 45.1 Å². The molecule has 2 rings (SSSR count). The Morgan fingerprint density at radius 2 is 1.97 bits per heavy atom. The van der Waals surface area contributed by atoms with Crippen molar-refractivity contribution < 1.29 is 18.0 Å². The number of carbonyl (C=O) groups is 1. The Hall–Kier alpha value is -1.56. The van der Waals surface area contributed by atoms with Gasteiger partial charge in [0.15, 0.2) is 5.96 Å². The third-order valence-electron chi connectivity index (χ3n) is 4.83. The summed E-state index contributed by atoms with van der Waals surface area (Å²) in [6.45, 7) is 4.72. The molecule has 1 aromatic carbocycles. The predicted molar refractivity (Wildman–Crippen MR) is 123 cm³/mol. The summed E-state index contributed by atoms with van der Waals surface area (Å²) < 4.78 is 37.3. The van der Waals surface area contributed by atoms with E-state index in [-0.39, 0.29) is 36.6 Å². The smallest absolute Gasteiger partial charge is 0.357 e. The van der Waals surface area contributed by atoms with E-state index in [1.54, 1.807) is 0 Å². The van der Waals surface area contributed by atoms with Crippen LogP contribution in [0.25, 0.3) is 0 Å². The number of alkyl halides is 3. The fraction of sp³-hybridized carbons (Fsp3) is 0.600. The van der Waals surface area contributed by atoms with Crippen LogP contribution in [0.2, 0.25) is 0 Å². The maximum atomic E-state index is 12.4. The fourth-order valence-electron chi connectivity index (χ4n) is 3.38. The summed E-state index contributed by atoms with van der Waals surface area (Å²) in [5, 5.41) is 6.37. The second-order valence-corrected chi connectivity index (χ2v) is 7.40. The SMILES string of the molecule is CCNC(=NCC(=O)N(C)CC(F)(F)F)NC1CC(C)N(Cc2ccccc2)C1.I. The van der Waals surface area contributed by atoms with Gasteiger partial charge in [0.1, 0.15) is 13.1 Å². The first-order valence-corrected chi connectivity index (χ1v) is 9.81. The maximum Gasteiger partial charge on any atom is 0.406 e. The Labute approximate surface area is 193 Å². The molecule has 1 aliphatic rings. The number of aliphatic imine (C=N–C) groups is 1. The normalized spacial score (nSPS) is 19.9. The molecule has 0 radical (unpaired) electrons. The lowest BCUT2D eigenvalue weighted by Gasteiger charge is -2.21. The third kappa shape index (κ3) is 9.07. The van der Waals surface area contributed by atoms with Crippen molar-refractivity contribution in [3.63, 3.8) is 0 Å². The lowest BCUT2D eigenvalue weighted by Crippen LogP contribution is -2.45. The number of nitrogens with one attached hydrogen (secondary N) is 2. The van der Waals surface area contributed by atoms with Gasteiger partial charge in [0.2, 0.25) is 5.91 Å². The molecule has 0 saturated carbocycles. The Bertz CT molecular complexity index is 687. The van der Waals surface area contributed by atoms with Crippen LogP contribution in [0, 0.1) is 0 Å². The molecular weight excluding hydrogens is 510 g/mol. The molecule has 0 bridgehead atoms. The largest absolute Gasteiger partial charge is 0.406 e. The van der Waals surface area contributed by atoms with Gasteiger partial charge >= 0.3 is 6.18 Å². The molecule has 1 saturated heterocycles. The van der Waals surface area contributed by atoms with Crippen LogP contribution in [0.5, 0.6) is 0 Å². The highest BCUT2D eigenvalue weighted by Crippen LogP contribution is 2.20. The average Bonchev–Trinajstić information content (AvgIpc) is 2.98. The molecule has 6 nitrogen and oxygen atoms in total. The first-order valence-electron chi connectivity index (χ1n) is 9.81. The fourth-order valence-corrected chi connectivity index (χ4v) is 3.38. The summed E-state index contributed by atoms with van der Waals surface area (Å²) in [6.07, 6.45) is -3.50. The first kappa shape index (κ1) is 26.5. The van der Waals surface area contributed by atoms with Crippen molar-refractivity contribution in [1.29, 1.82) is 0 Å². The topological polar surface area (TPSA) is 60.0 Å². The summed E-state index contributed by atoms with van der Waals surface area (Å²) in [4.78, 5) is 19.1. The minimum Gasteiger partial charge on any atom is -0.357 e. The van der Waals surface area contributed by atoms with Crippen LogP contribution < -0.4 is 10.6 Å². The number of nitrogens with zero attached hydrogens (tertiary/aromatic N) is 3. The van der Waals surface area contributed by atoms with Crippen LogP contribution in [0.3, 0.4) is 0 Å². The van der Waals surface area contributed by atoms with Crippen molar-refractivity contribution in [2.24, 2.45) is 4.99 Å². The summed E-state index contributed by atoms with van der Waals surface area (Å²) in [6, 6.07) is 10.8. The van der Waals surface area contributed by atoms with E-state index in [0.29, 0.717) is 23.4 Å². The predicted octanol–water partition coefficient (Wildman–Crippen LogP) is 2.84. The summed E-state index contributed by atoms with van der Waals surface area (Å²) >= 11 is 0. The molecule has 1 aromatic rings. The Balaban J connectivity index is 0.00000450. The molecule has 0 aromatic heterocycles. The van der Waals surface area contributed by atoms with E-state index in [9.17, 15) is 18.0 Å². The number of amides is 1. The summed E-state index contributed by atoms with van der Waals surface area (Å²) in [5.74, 6) is -0.231. The zero-order valence-electron chi connectivity index (χ0n) is 17.6. The number of rotatable bonds is 7. The van der Waals surface area contributed by atoms with Gasteiger partial charge in [0.25, 0.3) is 0 Å². The number of hydrogen-bond donors (Lipinski definition) is 2. The summed E-state index contributed by atoms with van der Waals surface area (Å²) in [7, 11) is 1.13. The van der Waals surface area contributed by atoms with Gasteiger partial charge in [0.05, 0.1) is 0 Å². The highest BCUT2D eigenvalue weighted by Gasteiger charge is 2.31. The minimum atomic E-state index is -4.42. The monoisotopic (exact) mass is 541 g/mol. The Morgan fingerprint density at radius 3 is 2.57 bits per heavy atom. The van der Waals surface area contributed by atoms with E-state index < -0.39 is 18.6 Å². The number of likely N-dealkylation sites (tertiary alicyclic amines) is 1. The minimum absolute atomic E-state index is 0. The van der Waals surface area contributed by atoms with Gasteiger partial charge in [-0.15, -0.1) is 24.0 Å². The average molecular weight is 541 g/mol. The zero-order chi connectivity index (χ0) is 21.4. The van der Waals surface area contributed by atoms with Crippen LogP contribution in [-0.4, -0.2) is 73.2 Å². The van der Waals surface area contributed by atoms with Gasteiger partial charge in [-0.3, -0.25) is 9.69 Å². The lowest BCUT2D eigenvalue weighted by atomic mass is 10.2. The van der Waals surface area contributed by atoms with E-state index in [0.717, 1.165) is 26.6 Å². The molecular formula is C20H31F3IN5O. The van der Waals surface area contributed by atoms with Crippen LogP contribution in [0.1, 0.15) is 25.8 Å². The molecule has 0 aliphatic carbocycles. The number of guanidine groups is 1. The van der Waals surface area contributed by atoms with Gasteiger partial charge in [0, 0.05) is 38.8 Å². The van der Waals surface area contributed by atoms with Crippen LogP contribution in [0.15, 0.2) is 35.3 Å². The van der Waals surface area contributed by atoms with E-state index in [2.05, 4.69) is 39.6 Å². The number of benzene rings is 1. The third-order valence-corrected chi connectivity index (χ3v) is 4.83. The Morgan fingerprint density at radius 1 is 1.30 bits per heavy atom. The van der Waals surface area contributed by atoms with E-state index in [1.165, 1.54) is 5.56 Å². The molecule has 0 spiro atoms. The quantitative estimate of drug-likeness (QED) is 0.317. The number of halogens is 4. The standard InChI is InChI=1S/C20H30F3N5O.HI/c1-4-24-19(25-11-18(29)27(3)14-20(21,22)23)26-17-10-15(2)28(13-17)12-16-8-6-5-7-9-16;/h5-9,15,17H,4,10-14H2,1-3H3,(H2,24,25,26);1H. The highest BCUT2D eigenvalue weighted by atomic mass is 127. The van der Waals surface area contributed by atoms with Crippen LogP contribution in [-0.2, 0) is 11.3 Å². The molecule has 2 atom stereocenters. The lowest BCUT2D eigenvalue weighted by molar-refractivity contribution is -0.157. The second-order valence-electron chi connectivity index (χ2n) is 7.40. The van der Waals surface area contributed by atoms with Gasteiger partial charge in [-0.25, -0.2) is 4.99 Å². The van der Waals surface area contributed by atoms with Gasteiger partial charge in [-0.1, -0.05) is 30.3 Å². The Kier molecular flexibility index (Phi) is 10.9. The highest BCUT2D eigenvalue weighted by molar-refractivity contribution is 14.0. The molecule has 2 N–H and O–H groups in total. The van der Waals surface area contributed by atoms with Gasteiger partial charge < -0.3 is 15.5 Å². The molecule has 1 fully saturated rings. The molecule has 1 aliphatic heterocycles. The first-order chi connectivity index (χ1) is 13.7. The van der Waals surface area contributed by atoms with Crippen LogP contribution >= 0.6 is 24.0 Å². The van der Waals surface area contributed by atoms with E-state index in [4.69, 9.17) is 0 Å². The molecule has 1 amide bonds. The van der Waals surface area contributed by atoms with Crippen molar-refractivity contribution in [1.82, 2.24) is 20.4 Å². The van der Waals surface area contributed by atoms with Crippen molar-refractivity contribution in [2.75, 3.05) is 33.2 Å². The molecule has 30 heavy (non-hydrogen) atoms. The maximum absolute atomic E-state index is 12.4. The zero-order valence-corrected chi connectivity index (χ0v) is 19.9. The van der Waals surface area contributed by atoms with Crippen molar-refractivity contribution >= 4 is 35.8 Å². The second kappa shape index (κ2) is 12.3. The van der Waals surface area contributed by atoms with Gasteiger partial charge in [-0.2, -0.15) is 13.2 Å². The van der Waals surface area contributed by atoms with Crippen molar-refractivity contribution in [3.8, 4) is 0 Å². The van der Waals surface area contributed by atoms with Gasteiger partial charge in [-0.05, 0) is 25.8 Å². The number of likely N-dealkylation sites (N-methyl/N-ethyl adjacent to an activating group) is 1. The number of hydrogen-bond acceptors (Lipinski definition) is 3. The molecule has 10 heteroatoms. The van der Waals surface area contributed by atoms with Crippen LogP contribution in [0.4, 0.5) is 13.2 Å². The molecule has 170 valence electrons. The van der Waals surface area contributed by atoms with Crippen molar-refractivity contribution in [3.05, 3.63) is 35.9 Å². The molecule has 2 unspecified atom stereocenters.